The Kier molecular flexibility index (Phi) is 5.80. The van der Waals surface area contributed by atoms with E-state index in [1.54, 1.807) is 24.3 Å². The molecule has 2 heterocycles. The maximum atomic E-state index is 12.4. The Morgan fingerprint density at radius 2 is 1.92 bits per heavy atom. The standard InChI is InChI=1S/C17H21N5O4/c1-24-13-6-4-3-5-12(13)15(23)18-11-14-19-16(21-17(20-14)25-2)22-7-9-26-10-8-22/h3-6H,7-11H2,1-2H3,(H,18,23). The molecule has 0 radical (unpaired) electrons. The van der Waals surface area contributed by atoms with Crippen molar-refractivity contribution in [1.82, 2.24) is 20.3 Å². The summed E-state index contributed by atoms with van der Waals surface area (Å²) >= 11 is 0. The average Bonchev–Trinajstić information content (AvgIpc) is 2.72. The smallest absolute Gasteiger partial charge is 0.321 e. The molecule has 1 aliphatic rings. The monoisotopic (exact) mass is 359 g/mol. The molecular weight excluding hydrogens is 338 g/mol. The van der Waals surface area contributed by atoms with Gasteiger partial charge in [-0.1, -0.05) is 12.1 Å². The maximum absolute atomic E-state index is 12.4. The number of carbonyl (C=O) groups is 1. The van der Waals surface area contributed by atoms with Gasteiger partial charge in [0.1, 0.15) is 5.75 Å². The fourth-order valence-corrected chi connectivity index (χ4v) is 2.55. The summed E-state index contributed by atoms with van der Waals surface area (Å²) in [6.45, 7) is 2.77. The van der Waals surface area contributed by atoms with Crippen LogP contribution in [0.3, 0.4) is 0 Å². The van der Waals surface area contributed by atoms with Crippen LogP contribution in [0.25, 0.3) is 0 Å². The highest BCUT2D eigenvalue weighted by Crippen LogP contribution is 2.17. The number of carbonyl (C=O) groups excluding carboxylic acids is 1. The van der Waals surface area contributed by atoms with E-state index in [0.29, 0.717) is 49.4 Å². The van der Waals surface area contributed by atoms with Gasteiger partial charge in [-0.15, -0.1) is 0 Å². The molecule has 1 aliphatic heterocycles. The van der Waals surface area contributed by atoms with Gasteiger partial charge in [-0.05, 0) is 12.1 Å². The predicted octanol–water partition coefficient (Wildman–Crippen LogP) is 0.655. The normalized spacial score (nSPS) is 14.0. The zero-order chi connectivity index (χ0) is 18.4. The molecule has 138 valence electrons. The summed E-state index contributed by atoms with van der Waals surface area (Å²) in [4.78, 5) is 27.3. The number of methoxy groups -OCH3 is 2. The van der Waals surface area contributed by atoms with Crippen LogP contribution in [-0.2, 0) is 11.3 Å². The van der Waals surface area contributed by atoms with Crippen LogP contribution in [-0.4, -0.2) is 61.4 Å². The zero-order valence-electron chi connectivity index (χ0n) is 14.8. The molecule has 0 bridgehead atoms. The second-order valence-electron chi connectivity index (χ2n) is 5.52. The molecule has 1 aromatic heterocycles. The number of nitrogens with zero attached hydrogens (tertiary/aromatic N) is 4. The van der Waals surface area contributed by atoms with Crippen LogP contribution in [0.1, 0.15) is 16.2 Å². The van der Waals surface area contributed by atoms with Crippen LogP contribution in [0.15, 0.2) is 24.3 Å². The second-order valence-corrected chi connectivity index (χ2v) is 5.52. The van der Waals surface area contributed by atoms with Crippen molar-refractivity contribution in [2.24, 2.45) is 0 Å². The van der Waals surface area contributed by atoms with Crippen LogP contribution in [0.4, 0.5) is 5.95 Å². The van der Waals surface area contributed by atoms with Crippen LogP contribution in [0.5, 0.6) is 11.8 Å². The van der Waals surface area contributed by atoms with Crippen molar-refractivity contribution >= 4 is 11.9 Å². The van der Waals surface area contributed by atoms with Crippen molar-refractivity contribution in [3.63, 3.8) is 0 Å². The first-order chi connectivity index (χ1) is 12.7. The molecule has 1 aromatic carbocycles. The average molecular weight is 359 g/mol. The molecule has 0 atom stereocenters. The summed E-state index contributed by atoms with van der Waals surface area (Å²) < 4.78 is 15.7. The van der Waals surface area contributed by atoms with E-state index in [1.165, 1.54) is 14.2 Å². The van der Waals surface area contributed by atoms with E-state index in [0.717, 1.165) is 0 Å². The third-order valence-electron chi connectivity index (χ3n) is 3.88. The summed E-state index contributed by atoms with van der Waals surface area (Å²) in [7, 11) is 3.02. The Morgan fingerprint density at radius 1 is 1.15 bits per heavy atom. The third-order valence-corrected chi connectivity index (χ3v) is 3.88. The lowest BCUT2D eigenvalue weighted by Crippen LogP contribution is -2.37. The predicted molar refractivity (Wildman–Crippen MR) is 93.6 cm³/mol. The Hall–Kier alpha value is -2.94. The fraction of sp³-hybridized carbons (Fsp3) is 0.412. The quantitative estimate of drug-likeness (QED) is 0.803. The van der Waals surface area contributed by atoms with E-state index in [2.05, 4.69) is 20.3 Å². The minimum absolute atomic E-state index is 0.146. The molecule has 1 N–H and O–H groups in total. The largest absolute Gasteiger partial charge is 0.496 e. The van der Waals surface area contributed by atoms with Gasteiger partial charge in [-0.2, -0.15) is 15.0 Å². The number of anilines is 1. The van der Waals surface area contributed by atoms with Crippen LogP contribution >= 0.6 is 0 Å². The van der Waals surface area contributed by atoms with Gasteiger partial charge in [0.15, 0.2) is 5.82 Å². The Labute approximate surface area is 151 Å². The van der Waals surface area contributed by atoms with Crippen molar-refractivity contribution in [2.75, 3.05) is 45.4 Å². The maximum Gasteiger partial charge on any atom is 0.321 e. The minimum Gasteiger partial charge on any atom is -0.496 e. The van der Waals surface area contributed by atoms with Crippen molar-refractivity contribution in [3.05, 3.63) is 35.7 Å². The molecular formula is C17H21N5O4. The van der Waals surface area contributed by atoms with Gasteiger partial charge in [-0.25, -0.2) is 0 Å². The van der Waals surface area contributed by atoms with Crippen molar-refractivity contribution in [2.45, 2.75) is 6.54 Å². The molecule has 9 nitrogen and oxygen atoms in total. The number of para-hydroxylation sites is 1. The van der Waals surface area contributed by atoms with E-state index >= 15 is 0 Å². The molecule has 0 saturated carbocycles. The van der Waals surface area contributed by atoms with Crippen molar-refractivity contribution in [3.8, 4) is 11.8 Å². The number of morpholine rings is 1. The lowest BCUT2D eigenvalue weighted by molar-refractivity contribution is 0.0946. The van der Waals surface area contributed by atoms with Gasteiger partial charge in [0, 0.05) is 13.1 Å². The Bertz CT molecular complexity index is 765. The summed E-state index contributed by atoms with van der Waals surface area (Å²) in [5.41, 5.74) is 0.449. The summed E-state index contributed by atoms with van der Waals surface area (Å²) in [6.07, 6.45) is 0. The highest BCUT2D eigenvalue weighted by Gasteiger charge is 2.18. The summed E-state index contributed by atoms with van der Waals surface area (Å²) in [5.74, 6) is 1.17. The van der Waals surface area contributed by atoms with Crippen molar-refractivity contribution in [1.29, 1.82) is 0 Å². The van der Waals surface area contributed by atoms with E-state index in [9.17, 15) is 4.79 Å². The first-order valence-electron chi connectivity index (χ1n) is 8.24. The summed E-state index contributed by atoms with van der Waals surface area (Å²) in [6, 6.07) is 7.22. The SMILES string of the molecule is COc1nc(CNC(=O)c2ccccc2OC)nc(N2CCOCC2)n1. The van der Waals surface area contributed by atoms with Crippen LogP contribution in [0.2, 0.25) is 0 Å². The van der Waals surface area contributed by atoms with Crippen LogP contribution in [0, 0.1) is 0 Å². The third kappa shape index (κ3) is 4.17. The van der Waals surface area contributed by atoms with Gasteiger partial charge >= 0.3 is 6.01 Å². The number of amides is 1. The first kappa shape index (κ1) is 17.9. The highest BCUT2D eigenvalue weighted by atomic mass is 16.5. The number of hydrogen-bond donors (Lipinski definition) is 1. The minimum atomic E-state index is -0.269. The van der Waals surface area contributed by atoms with Crippen LogP contribution < -0.4 is 19.7 Å². The van der Waals surface area contributed by atoms with E-state index in [-0.39, 0.29) is 18.5 Å². The van der Waals surface area contributed by atoms with E-state index in [4.69, 9.17) is 14.2 Å². The summed E-state index contributed by atoms with van der Waals surface area (Å²) in [5, 5.41) is 2.80. The molecule has 0 unspecified atom stereocenters. The molecule has 2 aromatic rings. The number of hydrogen-bond acceptors (Lipinski definition) is 8. The molecule has 0 spiro atoms. The lowest BCUT2D eigenvalue weighted by Gasteiger charge is -2.26. The molecule has 9 heteroatoms. The van der Waals surface area contributed by atoms with E-state index in [1.807, 2.05) is 4.90 Å². The Morgan fingerprint density at radius 3 is 2.65 bits per heavy atom. The van der Waals surface area contributed by atoms with Gasteiger partial charge in [0.25, 0.3) is 5.91 Å². The number of rotatable bonds is 6. The molecule has 1 amide bonds. The topological polar surface area (TPSA) is 98.7 Å². The molecule has 26 heavy (non-hydrogen) atoms. The van der Waals surface area contributed by atoms with Crippen molar-refractivity contribution < 1.29 is 19.0 Å². The number of aromatic nitrogens is 3. The molecule has 0 aliphatic carbocycles. The second kappa shape index (κ2) is 8.43. The number of ether oxygens (including phenoxy) is 3. The number of nitrogens with one attached hydrogen (secondary N) is 1. The van der Waals surface area contributed by atoms with E-state index < -0.39 is 0 Å². The fourth-order valence-electron chi connectivity index (χ4n) is 2.55. The lowest BCUT2D eigenvalue weighted by atomic mass is 10.2. The highest BCUT2D eigenvalue weighted by molar-refractivity contribution is 5.96. The molecule has 1 saturated heterocycles. The van der Waals surface area contributed by atoms with Gasteiger partial charge in [0.05, 0.1) is 39.5 Å². The first-order valence-corrected chi connectivity index (χ1v) is 8.24. The molecule has 1 fully saturated rings. The number of benzene rings is 1. The Balaban J connectivity index is 1.73. The van der Waals surface area contributed by atoms with Gasteiger partial charge < -0.3 is 24.4 Å². The zero-order valence-corrected chi connectivity index (χ0v) is 14.8. The van der Waals surface area contributed by atoms with Gasteiger partial charge in [0.2, 0.25) is 5.95 Å². The molecule has 3 rings (SSSR count). The van der Waals surface area contributed by atoms with Gasteiger partial charge in [-0.3, -0.25) is 4.79 Å².